The first-order valence-corrected chi connectivity index (χ1v) is 12.4. The largest absolute Gasteiger partial charge is 0.497 e. The van der Waals surface area contributed by atoms with Crippen LogP contribution in [-0.4, -0.2) is 30.5 Å². The lowest BCUT2D eigenvalue weighted by Gasteiger charge is -2.19. The Morgan fingerprint density at radius 3 is 2.42 bits per heavy atom. The zero-order valence-corrected chi connectivity index (χ0v) is 20.5. The average Bonchev–Trinajstić information content (AvgIpc) is 3.61. The highest BCUT2D eigenvalue weighted by Crippen LogP contribution is 2.31. The van der Waals surface area contributed by atoms with Crippen LogP contribution in [0.4, 0.5) is 5.69 Å². The quantitative estimate of drug-likeness (QED) is 0.245. The summed E-state index contributed by atoms with van der Waals surface area (Å²) in [6.07, 6.45) is 2.01. The second-order valence-electron chi connectivity index (χ2n) is 8.33. The van der Waals surface area contributed by atoms with Gasteiger partial charge in [0.15, 0.2) is 0 Å². The fourth-order valence-electron chi connectivity index (χ4n) is 4.23. The van der Waals surface area contributed by atoms with Gasteiger partial charge in [0, 0.05) is 40.8 Å². The van der Waals surface area contributed by atoms with E-state index in [-0.39, 0.29) is 17.7 Å². The molecule has 3 N–H and O–H groups in total. The van der Waals surface area contributed by atoms with Gasteiger partial charge in [-0.05, 0) is 65.0 Å². The van der Waals surface area contributed by atoms with Crippen molar-refractivity contribution >= 4 is 39.7 Å². The van der Waals surface area contributed by atoms with Gasteiger partial charge in [-0.15, -0.1) is 11.3 Å². The minimum Gasteiger partial charge on any atom is -0.497 e. The van der Waals surface area contributed by atoms with Crippen LogP contribution in [0, 0.1) is 0 Å². The summed E-state index contributed by atoms with van der Waals surface area (Å²) < 4.78 is 5.32. The molecule has 36 heavy (non-hydrogen) atoms. The van der Waals surface area contributed by atoms with E-state index in [0.29, 0.717) is 22.7 Å². The molecule has 0 aliphatic rings. The van der Waals surface area contributed by atoms with Gasteiger partial charge in [0.25, 0.3) is 11.8 Å². The summed E-state index contributed by atoms with van der Waals surface area (Å²) in [6, 6.07) is 26.6. The monoisotopic (exact) mass is 495 g/mol. The van der Waals surface area contributed by atoms with Gasteiger partial charge in [0.1, 0.15) is 5.75 Å². The number of hydrogen-bond donors (Lipinski definition) is 3. The molecule has 3 aromatic carbocycles. The number of carbonyl (C=O) groups excluding carboxylic acids is 2. The smallest absolute Gasteiger partial charge is 0.265 e. The molecule has 1 atom stereocenters. The molecule has 2 aromatic heterocycles. The van der Waals surface area contributed by atoms with Crippen LogP contribution < -0.4 is 15.4 Å². The van der Waals surface area contributed by atoms with E-state index in [2.05, 4.69) is 21.7 Å². The number of fused-ring (bicyclic) bond motifs is 1. The number of carbonyl (C=O) groups is 2. The lowest BCUT2D eigenvalue weighted by atomic mass is 9.90. The fourth-order valence-corrected chi connectivity index (χ4v) is 4.85. The molecule has 0 fully saturated rings. The number of para-hydroxylation sites is 1. The van der Waals surface area contributed by atoms with Crippen molar-refractivity contribution in [2.24, 2.45) is 0 Å². The Morgan fingerprint density at radius 1 is 0.917 bits per heavy atom. The van der Waals surface area contributed by atoms with Crippen molar-refractivity contribution in [3.63, 3.8) is 0 Å². The number of aromatic amines is 1. The molecular weight excluding hydrogens is 470 g/mol. The van der Waals surface area contributed by atoms with Crippen molar-refractivity contribution in [1.29, 1.82) is 0 Å². The Bertz CT molecular complexity index is 1470. The van der Waals surface area contributed by atoms with E-state index >= 15 is 0 Å². The number of ether oxygens (including phenoxy) is 1. The van der Waals surface area contributed by atoms with Gasteiger partial charge in [-0.2, -0.15) is 0 Å². The van der Waals surface area contributed by atoms with Crippen molar-refractivity contribution in [1.82, 2.24) is 10.3 Å². The van der Waals surface area contributed by atoms with Crippen molar-refractivity contribution < 1.29 is 14.3 Å². The molecule has 1 unspecified atom stereocenters. The first-order valence-electron chi connectivity index (χ1n) is 11.6. The summed E-state index contributed by atoms with van der Waals surface area (Å²) in [7, 11) is 1.64. The van der Waals surface area contributed by atoms with Crippen LogP contribution in [0.3, 0.4) is 0 Å². The Labute approximate surface area is 212 Å². The molecule has 0 spiro atoms. The molecule has 6 nitrogen and oxygen atoms in total. The second kappa shape index (κ2) is 10.5. The highest BCUT2D eigenvalue weighted by Gasteiger charge is 2.20. The molecule has 0 saturated carbocycles. The van der Waals surface area contributed by atoms with Crippen LogP contribution >= 0.6 is 11.3 Å². The van der Waals surface area contributed by atoms with Gasteiger partial charge in [0.2, 0.25) is 0 Å². The van der Waals surface area contributed by atoms with Crippen LogP contribution in [-0.2, 0) is 0 Å². The van der Waals surface area contributed by atoms with Crippen LogP contribution in [0.15, 0.2) is 96.5 Å². The maximum atomic E-state index is 13.0. The van der Waals surface area contributed by atoms with E-state index < -0.39 is 0 Å². The molecule has 5 aromatic rings. The number of H-pyrrole nitrogens is 1. The lowest BCUT2D eigenvalue weighted by Crippen LogP contribution is -2.28. The molecule has 7 heteroatoms. The second-order valence-corrected chi connectivity index (χ2v) is 9.28. The summed E-state index contributed by atoms with van der Waals surface area (Å²) in [4.78, 5) is 29.3. The zero-order chi connectivity index (χ0) is 24.9. The van der Waals surface area contributed by atoms with Gasteiger partial charge in [-0.1, -0.05) is 36.4 Å². The third kappa shape index (κ3) is 5.01. The van der Waals surface area contributed by atoms with E-state index in [1.54, 1.807) is 37.4 Å². The lowest BCUT2D eigenvalue weighted by molar-refractivity contribution is 0.0952. The number of rotatable bonds is 8. The molecule has 0 bridgehead atoms. The Balaban J connectivity index is 1.32. The number of benzene rings is 3. The first-order chi connectivity index (χ1) is 17.6. The average molecular weight is 496 g/mol. The number of anilines is 1. The summed E-state index contributed by atoms with van der Waals surface area (Å²) >= 11 is 1.38. The number of amides is 2. The highest BCUT2D eigenvalue weighted by atomic mass is 32.1. The molecule has 0 aliphatic carbocycles. The van der Waals surface area contributed by atoms with Gasteiger partial charge in [-0.3, -0.25) is 9.59 Å². The first kappa shape index (κ1) is 23.4. The number of nitrogens with one attached hydrogen (secondary N) is 3. The van der Waals surface area contributed by atoms with E-state index in [1.807, 2.05) is 60.1 Å². The topological polar surface area (TPSA) is 83.2 Å². The highest BCUT2D eigenvalue weighted by molar-refractivity contribution is 7.12. The Kier molecular flexibility index (Phi) is 6.82. The molecule has 0 radical (unpaired) electrons. The number of aromatic nitrogens is 1. The summed E-state index contributed by atoms with van der Waals surface area (Å²) in [5.41, 5.74) is 4.41. The minimum atomic E-state index is -0.176. The summed E-state index contributed by atoms with van der Waals surface area (Å²) in [5.74, 6) is 0.389. The van der Waals surface area contributed by atoms with Crippen LogP contribution in [0.25, 0.3) is 10.9 Å². The van der Waals surface area contributed by atoms with E-state index in [4.69, 9.17) is 4.74 Å². The van der Waals surface area contributed by atoms with E-state index in [0.717, 1.165) is 27.8 Å². The predicted molar refractivity (Wildman–Crippen MR) is 144 cm³/mol. The normalized spacial score (nSPS) is 11.7. The standard InChI is InChI=1S/C29H25N3O3S/c1-35-22-14-10-19(11-15-22)24(25-18-30-26-6-3-2-5-23(25)26)17-31-28(33)20-8-12-21(13-9-20)32-29(34)27-7-4-16-36-27/h2-16,18,24,30H,17H2,1H3,(H,31,33)(H,32,34). The van der Waals surface area contributed by atoms with E-state index in [9.17, 15) is 9.59 Å². The van der Waals surface area contributed by atoms with Gasteiger partial charge < -0.3 is 20.4 Å². The molecule has 0 aliphatic heterocycles. The molecule has 5 rings (SSSR count). The molecule has 180 valence electrons. The molecular formula is C29H25N3O3S. The van der Waals surface area contributed by atoms with Crippen LogP contribution in [0.5, 0.6) is 5.75 Å². The molecule has 2 amide bonds. The molecule has 2 heterocycles. The number of hydrogen-bond acceptors (Lipinski definition) is 4. The Morgan fingerprint density at radius 2 is 1.69 bits per heavy atom. The van der Waals surface area contributed by atoms with Crippen molar-refractivity contribution in [2.45, 2.75) is 5.92 Å². The van der Waals surface area contributed by atoms with Crippen molar-refractivity contribution in [2.75, 3.05) is 19.0 Å². The number of thiophene rings is 1. The minimum absolute atomic E-state index is 0.0552. The van der Waals surface area contributed by atoms with Crippen LogP contribution in [0.2, 0.25) is 0 Å². The third-order valence-electron chi connectivity index (χ3n) is 6.13. The number of methoxy groups -OCH3 is 1. The van der Waals surface area contributed by atoms with Gasteiger partial charge >= 0.3 is 0 Å². The zero-order valence-electron chi connectivity index (χ0n) is 19.7. The van der Waals surface area contributed by atoms with Crippen LogP contribution in [0.1, 0.15) is 37.1 Å². The van der Waals surface area contributed by atoms with Crippen molar-refractivity contribution in [3.05, 3.63) is 118 Å². The molecule has 0 saturated heterocycles. The third-order valence-corrected chi connectivity index (χ3v) is 7.00. The SMILES string of the molecule is COc1ccc(C(CNC(=O)c2ccc(NC(=O)c3cccs3)cc2)c2c[nH]c3ccccc23)cc1. The van der Waals surface area contributed by atoms with E-state index in [1.165, 1.54) is 11.3 Å². The van der Waals surface area contributed by atoms with Gasteiger partial charge in [0.05, 0.1) is 12.0 Å². The fraction of sp³-hybridized carbons (Fsp3) is 0.103. The van der Waals surface area contributed by atoms with Gasteiger partial charge in [-0.25, -0.2) is 0 Å². The Hall–Kier alpha value is -4.36. The summed E-state index contributed by atoms with van der Waals surface area (Å²) in [6.45, 7) is 0.421. The predicted octanol–water partition coefficient (Wildman–Crippen LogP) is 6.05. The summed E-state index contributed by atoms with van der Waals surface area (Å²) in [5, 5.41) is 8.93. The maximum Gasteiger partial charge on any atom is 0.265 e. The van der Waals surface area contributed by atoms with Crippen molar-refractivity contribution in [3.8, 4) is 5.75 Å². The maximum absolute atomic E-state index is 13.0.